The molecule has 0 saturated carbocycles. The summed E-state index contributed by atoms with van der Waals surface area (Å²) in [4.78, 5) is 0. The summed E-state index contributed by atoms with van der Waals surface area (Å²) < 4.78 is 97.7. The third-order valence-electron chi connectivity index (χ3n) is 5.74. The van der Waals surface area contributed by atoms with Crippen molar-refractivity contribution < 1.29 is 45.3 Å². The van der Waals surface area contributed by atoms with Gasteiger partial charge in [0.2, 0.25) is 6.86 Å². The Bertz CT molecular complexity index is 910. The first-order chi connectivity index (χ1) is 16.2. The lowest BCUT2D eigenvalue weighted by Gasteiger charge is -2.37. The summed E-state index contributed by atoms with van der Waals surface area (Å²) in [5, 5.41) is 0. The highest BCUT2D eigenvalue weighted by atomic mass is 19.2. The molecule has 0 aromatic heterocycles. The maximum atomic E-state index is 13.3. The second-order valence-electron chi connectivity index (χ2n) is 8.38. The molecular weight excluding hydrogens is 466 g/mol. The summed E-state index contributed by atoms with van der Waals surface area (Å²) in [7, 11) is 0. The predicted molar refractivity (Wildman–Crippen MR) is 110 cm³/mol. The summed E-state index contributed by atoms with van der Waals surface area (Å²) in [5.41, 5.74) is 0.0502. The molecule has 2 aromatic rings. The van der Waals surface area contributed by atoms with Crippen LogP contribution in [0.5, 0.6) is 5.75 Å². The summed E-state index contributed by atoms with van der Waals surface area (Å²) in [5.74, 6) is -4.90. The molecule has 2 aliphatic rings. The minimum Gasteiger partial charge on any atom is -0.463 e. The lowest BCUT2D eigenvalue weighted by Crippen LogP contribution is -2.39. The minimum atomic E-state index is -1.48. The lowest BCUT2D eigenvalue weighted by molar-refractivity contribution is -0.227. The van der Waals surface area contributed by atoms with E-state index in [9.17, 15) is 26.3 Å². The largest absolute Gasteiger partial charge is 0.463 e. The van der Waals surface area contributed by atoms with Crippen LogP contribution >= 0.6 is 0 Å². The molecule has 188 valence electrons. The van der Waals surface area contributed by atoms with Crippen LogP contribution in [0.2, 0.25) is 0 Å². The normalized spacial score (nSPS) is 24.8. The predicted octanol–water partition coefficient (Wildman–Crippen LogP) is 6.16. The second-order valence-corrected chi connectivity index (χ2v) is 8.38. The molecule has 2 saturated heterocycles. The number of hydrogen-bond acceptors (Lipinski definition) is 4. The smallest absolute Gasteiger partial charge is 0.228 e. The number of halogens is 6. The van der Waals surface area contributed by atoms with Gasteiger partial charge in [0.1, 0.15) is 17.4 Å². The van der Waals surface area contributed by atoms with Crippen molar-refractivity contribution in [1.29, 1.82) is 0 Å². The van der Waals surface area contributed by atoms with Gasteiger partial charge in [-0.15, -0.1) is 0 Å². The Labute approximate surface area is 193 Å². The van der Waals surface area contributed by atoms with E-state index in [2.05, 4.69) is 11.7 Å². The minimum absolute atomic E-state index is 0.0961. The Morgan fingerprint density at radius 3 is 1.91 bits per heavy atom. The standard InChI is InChI=1S/C16H19F3O3.C8H7F3O/c1-9-2-3-14(20-6-9)11-7-21-16(22-8-11)10-4-12(17)15(19)13(18)5-10;1-5-7(10)2-6(12-4-9)3-8(5)11/h4-5,9,11,14,16H,2-3,6-8H2,1H3;2-3H,4H2,1H3. The fourth-order valence-electron chi connectivity index (χ4n) is 3.68. The van der Waals surface area contributed by atoms with Crippen LogP contribution in [0.3, 0.4) is 0 Å². The Hall–Kier alpha value is -2.30. The van der Waals surface area contributed by atoms with Gasteiger partial charge in [0.15, 0.2) is 23.7 Å². The number of hydrogen-bond donors (Lipinski definition) is 0. The van der Waals surface area contributed by atoms with E-state index in [1.807, 2.05) is 0 Å². The van der Waals surface area contributed by atoms with Gasteiger partial charge in [0, 0.05) is 35.8 Å². The second kappa shape index (κ2) is 11.9. The highest BCUT2D eigenvalue weighted by Gasteiger charge is 2.33. The number of benzene rings is 2. The SMILES string of the molecule is CC1CCC(C2COC(c3cc(F)c(F)c(F)c3)OC2)OC1.Cc1c(F)cc(OCF)cc1F. The highest BCUT2D eigenvalue weighted by Crippen LogP contribution is 2.32. The molecule has 10 heteroatoms. The third-order valence-corrected chi connectivity index (χ3v) is 5.74. The first-order valence-electron chi connectivity index (χ1n) is 10.8. The molecule has 2 fully saturated rings. The topological polar surface area (TPSA) is 36.9 Å². The van der Waals surface area contributed by atoms with Gasteiger partial charge in [-0.3, -0.25) is 0 Å². The molecule has 4 rings (SSSR count). The van der Waals surface area contributed by atoms with Crippen molar-refractivity contribution in [3.63, 3.8) is 0 Å². The molecule has 2 unspecified atom stereocenters. The average Bonchev–Trinajstić information content (AvgIpc) is 2.82. The first kappa shape index (κ1) is 26.3. The molecule has 2 heterocycles. The fourth-order valence-corrected chi connectivity index (χ4v) is 3.68. The van der Waals surface area contributed by atoms with Crippen molar-refractivity contribution in [1.82, 2.24) is 0 Å². The van der Waals surface area contributed by atoms with E-state index in [-0.39, 0.29) is 28.9 Å². The summed E-state index contributed by atoms with van der Waals surface area (Å²) in [6.45, 7) is 3.87. The Kier molecular flexibility index (Phi) is 9.21. The van der Waals surface area contributed by atoms with Gasteiger partial charge >= 0.3 is 0 Å². The van der Waals surface area contributed by atoms with Crippen LogP contribution in [0, 0.1) is 47.8 Å². The van der Waals surface area contributed by atoms with E-state index in [4.69, 9.17) is 14.2 Å². The van der Waals surface area contributed by atoms with E-state index >= 15 is 0 Å². The van der Waals surface area contributed by atoms with Crippen molar-refractivity contribution >= 4 is 0 Å². The summed E-state index contributed by atoms with van der Waals surface area (Å²) in [6.07, 6.45) is 1.30. The van der Waals surface area contributed by atoms with E-state index in [0.29, 0.717) is 19.1 Å². The zero-order valence-electron chi connectivity index (χ0n) is 18.8. The van der Waals surface area contributed by atoms with Crippen LogP contribution in [0.4, 0.5) is 26.3 Å². The Morgan fingerprint density at radius 1 is 0.824 bits per heavy atom. The fraction of sp³-hybridized carbons (Fsp3) is 0.500. The molecule has 2 atom stereocenters. The molecule has 0 N–H and O–H groups in total. The summed E-state index contributed by atoms with van der Waals surface area (Å²) in [6, 6.07) is 3.69. The number of rotatable bonds is 4. The van der Waals surface area contributed by atoms with Gasteiger partial charge in [-0.25, -0.2) is 26.3 Å². The molecule has 0 radical (unpaired) electrons. The lowest BCUT2D eigenvalue weighted by atomic mass is 9.92. The number of alkyl halides is 1. The zero-order chi connectivity index (χ0) is 24.8. The van der Waals surface area contributed by atoms with Crippen LogP contribution < -0.4 is 4.74 Å². The third kappa shape index (κ3) is 6.64. The molecule has 0 spiro atoms. The molecule has 2 aliphatic heterocycles. The van der Waals surface area contributed by atoms with Crippen molar-refractivity contribution in [3.05, 3.63) is 64.5 Å². The molecule has 2 aromatic carbocycles. The maximum Gasteiger partial charge on any atom is 0.228 e. The molecule has 0 bridgehead atoms. The zero-order valence-corrected chi connectivity index (χ0v) is 18.8. The van der Waals surface area contributed by atoms with Crippen LogP contribution in [0.1, 0.15) is 37.2 Å². The van der Waals surface area contributed by atoms with Crippen LogP contribution in [0.25, 0.3) is 0 Å². The van der Waals surface area contributed by atoms with E-state index < -0.39 is 42.2 Å². The average molecular weight is 492 g/mol. The monoisotopic (exact) mass is 492 g/mol. The first-order valence-corrected chi connectivity index (χ1v) is 10.8. The van der Waals surface area contributed by atoms with Gasteiger partial charge in [-0.1, -0.05) is 6.92 Å². The van der Waals surface area contributed by atoms with E-state index in [1.165, 1.54) is 6.92 Å². The molecule has 4 nitrogen and oxygen atoms in total. The van der Waals surface area contributed by atoms with Gasteiger partial charge in [0.25, 0.3) is 0 Å². The van der Waals surface area contributed by atoms with Gasteiger partial charge in [-0.2, -0.15) is 0 Å². The van der Waals surface area contributed by atoms with Crippen molar-refractivity contribution in [3.8, 4) is 5.75 Å². The highest BCUT2D eigenvalue weighted by molar-refractivity contribution is 5.29. The van der Waals surface area contributed by atoms with Crippen molar-refractivity contribution in [2.45, 2.75) is 39.1 Å². The van der Waals surface area contributed by atoms with Crippen molar-refractivity contribution in [2.24, 2.45) is 11.8 Å². The molecule has 34 heavy (non-hydrogen) atoms. The molecule has 0 amide bonds. The van der Waals surface area contributed by atoms with Gasteiger partial charge in [-0.05, 0) is 37.8 Å². The maximum absolute atomic E-state index is 13.3. The van der Waals surface area contributed by atoms with Gasteiger partial charge in [0.05, 0.1) is 19.3 Å². The van der Waals surface area contributed by atoms with Crippen LogP contribution in [-0.4, -0.2) is 32.8 Å². The summed E-state index contributed by atoms with van der Waals surface area (Å²) >= 11 is 0. The van der Waals surface area contributed by atoms with Gasteiger partial charge < -0.3 is 18.9 Å². The quantitative estimate of drug-likeness (QED) is 0.379. The van der Waals surface area contributed by atoms with Crippen LogP contribution in [-0.2, 0) is 14.2 Å². The van der Waals surface area contributed by atoms with Crippen LogP contribution in [0.15, 0.2) is 24.3 Å². The van der Waals surface area contributed by atoms with Crippen molar-refractivity contribution in [2.75, 3.05) is 26.7 Å². The van der Waals surface area contributed by atoms with E-state index in [1.54, 1.807) is 0 Å². The Balaban J connectivity index is 0.000000229. The number of ether oxygens (including phenoxy) is 4. The van der Waals surface area contributed by atoms with E-state index in [0.717, 1.165) is 43.7 Å². The molecule has 0 aliphatic carbocycles. The molecular formula is C24H26F6O4. The Morgan fingerprint density at radius 2 is 1.41 bits per heavy atom.